The van der Waals surface area contributed by atoms with Crippen molar-refractivity contribution in [2.45, 2.75) is 20.8 Å². The number of rotatable bonds is 3. The first-order valence-corrected chi connectivity index (χ1v) is 9.06. The summed E-state index contributed by atoms with van der Waals surface area (Å²) in [4.78, 5) is 14.3. The van der Waals surface area contributed by atoms with Gasteiger partial charge in [0, 0.05) is 16.7 Å². The molecular weight excluding hydrogens is 330 g/mol. The van der Waals surface area contributed by atoms with Crippen molar-refractivity contribution in [3.05, 3.63) is 89.5 Å². The minimum atomic E-state index is 0.693. The molecule has 0 N–H and O–H groups in total. The van der Waals surface area contributed by atoms with Gasteiger partial charge in [0.25, 0.3) is 0 Å². The fraction of sp³-hybridized carbons (Fsp3) is 0.125. The number of aromatic nitrogens is 3. The molecule has 0 saturated heterocycles. The molecule has 4 rings (SSSR count). The van der Waals surface area contributed by atoms with Gasteiger partial charge < -0.3 is 0 Å². The first-order chi connectivity index (χ1) is 13.1. The summed E-state index contributed by atoms with van der Waals surface area (Å²) in [5.41, 5.74) is 6.57. The molecule has 0 aliphatic heterocycles. The van der Waals surface area contributed by atoms with Crippen LogP contribution in [-0.2, 0) is 0 Å². The smallest absolute Gasteiger partial charge is 0.164 e. The van der Waals surface area contributed by atoms with E-state index in [2.05, 4.69) is 69.3 Å². The molecule has 3 nitrogen and oxygen atoms in total. The topological polar surface area (TPSA) is 38.7 Å². The van der Waals surface area contributed by atoms with Crippen LogP contribution in [0.1, 0.15) is 16.7 Å². The maximum atomic E-state index is 4.78. The molecule has 0 bridgehead atoms. The molecule has 1 heterocycles. The van der Waals surface area contributed by atoms with Crippen molar-refractivity contribution >= 4 is 0 Å². The van der Waals surface area contributed by atoms with Gasteiger partial charge in [0.2, 0.25) is 0 Å². The fourth-order valence-electron chi connectivity index (χ4n) is 3.03. The molecule has 27 heavy (non-hydrogen) atoms. The highest BCUT2D eigenvalue weighted by atomic mass is 15.0. The van der Waals surface area contributed by atoms with E-state index in [1.807, 2.05) is 24.3 Å². The Kier molecular flexibility index (Phi) is 4.51. The summed E-state index contributed by atoms with van der Waals surface area (Å²) in [5, 5.41) is 0. The molecule has 1 aromatic heterocycles. The Bertz CT molecular complexity index is 1030. The summed E-state index contributed by atoms with van der Waals surface area (Å²) in [6, 6.07) is 24.8. The number of nitrogens with zero attached hydrogens (tertiary/aromatic N) is 3. The van der Waals surface area contributed by atoms with Gasteiger partial charge in [-0.15, -0.1) is 0 Å². The summed E-state index contributed by atoms with van der Waals surface area (Å²) in [6.45, 7) is 6.23. The number of hydrogen-bond acceptors (Lipinski definition) is 3. The lowest BCUT2D eigenvalue weighted by Gasteiger charge is -2.09. The molecule has 0 amide bonds. The van der Waals surface area contributed by atoms with E-state index >= 15 is 0 Å². The van der Waals surface area contributed by atoms with Crippen LogP contribution in [0.2, 0.25) is 0 Å². The van der Waals surface area contributed by atoms with Gasteiger partial charge in [-0.2, -0.15) is 0 Å². The highest BCUT2D eigenvalue weighted by molar-refractivity contribution is 5.67. The standard InChI is InChI=1S/C24H21N3/c1-16-10-12-19(13-11-16)22-25-23(20-8-4-6-17(2)14-20)27-24(26-22)21-9-5-7-18(3)15-21/h4-15H,1-3H3. The fourth-order valence-corrected chi connectivity index (χ4v) is 3.03. The number of benzene rings is 3. The third-order valence-corrected chi connectivity index (χ3v) is 4.50. The second-order valence-electron chi connectivity index (χ2n) is 6.91. The first kappa shape index (κ1) is 17.1. The SMILES string of the molecule is Cc1ccc(-c2nc(-c3cccc(C)c3)nc(-c3cccc(C)c3)n2)cc1. The Morgan fingerprint density at radius 2 is 0.889 bits per heavy atom. The third kappa shape index (κ3) is 3.77. The highest BCUT2D eigenvalue weighted by Crippen LogP contribution is 2.25. The van der Waals surface area contributed by atoms with Crippen molar-refractivity contribution in [2.24, 2.45) is 0 Å². The van der Waals surface area contributed by atoms with Crippen LogP contribution in [0.15, 0.2) is 72.8 Å². The zero-order chi connectivity index (χ0) is 18.8. The lowest BCUT2D eigenvalue weighted by molar-refractivity contribution is 1.07. The normalized spacial score (nSPS) is 10.8. The Morgan fingerprint density at radius 1 is 0.444 bits per heavy atom. The summed E-state index contributed by atoms with van der Waals surface area (Å²) in [7, 11) is 0. The summed E-state index contributed by atoms with van der Waals surface area (Å²) < 4.78 is 0. The third-order valence-electron chi connectivity index (χ3n) is 4.50. The van der Waals surface area contributed by atoms with Crippen molar-refractivity contribution in [1.82, 2.24) is 15.0 Å². The molecule has 0 atom stereocenters. The van der Waals surface area contributed by atoms with E-state index in [1.165, 1.54) is 16.7 Å². The molecule has 132 valence electrons. The molecule has 0 fully saturated rings. The van der Waals surface area contributed by atoms with Gasteiger partial charge >= 0.3 is 0 Å². The van der Waals surface area contributed by atoms with Gasteiger partial charge in [-0.25, -0.2) is 15.0 Å². The lowest BCUT2D eigenvalue weighted by atomic mass is 10.1. The molecular formula is C24H21N3. The van der Waals surface area contributed by atoms with Crippen molar-refractivity contribution in [2.75, 3.05) is 0 Å². The average Bonchev–Trinajstić information content (AvgIpc) is 2.68. The van der Waals surface area contributed by atoms with E-state index in [4.69, 9.17) is 15.0 Å². The van der Waals surface area contributed by atoms with Crippen LogP contribution in [-0.4, -0.2) is 15.0 Å². The van der Waals surface area contributed by atoms with Crippen LogP contribution >= 0.6 is 0 Å². The first-order valence-electron chi connectivity index (χ1n) is 9.06. The van der Waals surface area contributed by atoms with Crippen LogP contribution in [0.25, 0.3) is 34.2 Å². The molecule has 0 aliphatic rings. The lowest BCUT2D eigenvalue weighted by Crippen LogP contribution is -2.00. The second-order valence-corrected chi connectivity index (χ2v) is 6.91. The van der Waals surface area contributed by atoms with E-state index in [-0.39, 0.29) is 0 Å². The maximum Gasteiger partial charge on any atom is 0.164 e. The Labute approximate surface area is 159 Å². The van der Waals surface area contributed by atoms with Crippen LogP contribution in [0.3, 0.4) is 0 Å². The molecule has 3 aromatic carbocycles. The molecule has 0 unspecified atom stereocenters. The van der Waals surface area contributed by atoms with Crippen molar-refractivity contribution < 1.29 is 0 Å². The van der Waals surface area contributed by atoms with E-state index in [0.29, 0.717) is 17.5 Å². The monoisotopic (exact) mass is 351 g/mol. The largest absolute Gasteiger partial charge is 0.208 e. The minimum absolute atomic E-state index is 0.693. The quantitative estimate of drug-likeness (QED) is 0.468. The Balaban J connectivity index is 1.92. The Hall–Kier alpha value is -3.33. The van der Waals surface area contributed by atoms with Crippen LogP contribution in [0.4, 0.5) is 0 Å². The van der Waals surface area contributed by atoms with Crippen LogP contribution < -0.4 is 0 Å². The van der Waals surface area contributed by atoms with Crippen molar-refractivity contribution in [3.63, 3.8) is 0 Å². The predicted octanol–water partition coefficient (Wildman–Crippen LogP) is 5.80. The molecule has 0 saturated carbocycles. The van der Waals surface area contributed by atoms with Gasteiger partial charge in [-0.1, -0.05) is 77.4 Å². The van der Waals surface area contributed by atoms with E-state index < -0.39 is 0 Å². The van der Waals surface area contributed by atoms with Gasteiger partial charge in [0.1, 0.15) is 0 Å². The zero-order valence-corrected chi connectivity index (χ0v) is 15.8. The average molecular weight is 351 g/mol. The van der Waals surface area contributed by atoms with Gasteiger partial charge in [-0.3, -0.25) is 0 Å². The predicted molar refractivity (Wildman–Crippen MR) is 110 cm³/mol. The Morgan fingerprint density at radius 3 is 1.33 bits per heavy atom. The van der Waals surface area contributed by atoms with E-state index in [1.54, 1.807) is 0 Å². The van der Waals surface area contributed by atoms with Crippen LogP contribution in [0.5, 0.6) is 0 Å². The molecule has 0 spiro atoms. The summed E-state index contributed by atoms with van der Waals surface area (Å²) in [5.74, 6) is 2.08. The van der Waals surface area contributed by atoms with Crippen molar-refractivity contribution in [1.29, 1.82) is 0 Å². The van der Waals surface area contributed by atoms with E-state index in [9.17, 15) is 0 Å². The maximum absolute atomic E-state index is 4.78. The van der Waals surface area contributed by atoms with Crippen molar-refractivity contribution in [3.8, 4) is 34.2 Å². The molecule has 4 aromatic rings. The van der Waals surface area contributed by atoms with Gasteiger partial charge in [0.05, 0.1) is 0 Å². The van der Waals surface area contributed by atoms with Gasteiger partial charge in [-0.05, 0) is 32.9 Å². The molecule has 3 heteroatoms. The van der Waals surface area contributed by atoms with E-state index in [0.717, 1.165) is 16.7 Å². The highest BCUT2D eigenvalue weighted by Gasteiger charge is 2.12. The number of aryl methyl sites for hydroxylation is 3. The molecule has 0 aliphatic carbocycles. The van der Waals surface area contributed by atoms with Crippen LogP contribution in [0, 0.1) is 20.8 Å². The number of hydrogen-bond donors (Lipinski definition) is 0. The zero-order valence-electron chi connectivity index (χ0n) is 15.8. The van der Waals surface area contributed by atoms with Gasteiger partial charge in [0.15, 0.2) is 17.5 Å². The summed E-state index contributed by atoms with van der Waals surface area (Å²) in [6.07, 6.45) is 0. The molecule has 0 radical (unpaired) electrons. The summed E-state index contributed by atoms with van der Waals surface area (Å²) >= 11 is 0. The minimum Gasteiger partial charge on any atom is -0.208 e. The second kappa shape index (κ2) is 7.12.